The molecule has 2 heteroatoms. The summed E-state index contributed by atoms with van der Waals surface area (Å²) in [6, 6.07) is 11.0. The Bertz CT molecular complexity index is 543. The van der Waals surface area contributed by atoms with E-state index in [9.17, 15) is 0 Å². The minimum atomic E-state index is 0.429. The van der Waals surface area contributed by atoms with Crippen molar-refractivity contribution < 1.29 is 0 Å². The largest absolute Gasteiger partial charge is 0.312 e. The third-order valence-electron chi connectivity index (χ3n) is 3.97. The number of hydrogen-bond donors (Lipinski definition) is 1. The molecule has 0 spiro atoms. The van der Waals surface area contributed by atoms with Gasteiger partial charge in [0.1, 0.15) is 0 Å². The average Bonchev–Trinajstić information content (AvgIpc) is 3.09. The van der Waals surface area contributed by atoms with Gasteiger partial charge in [0.05, 0.1) is 5.52 Å². The highest BCUT2D eigenvalue weighted by atomic mass is 14.9. The first-order valence-electron chi connectivity index (χ1n) is 6.25. The monoisotopic (exact) mass is 226 g/mol. The molecule has 0 aliphatic heterocycles. The number of rotatable bonds is 3. The number of nitrogens with one attached hydrogen (secondary N) is 1. The van der Waals surface area contributed by atoms with Gasteiger partial charge in [-0.3, -0.25) is 4.98 Å². The molecule has 1 fully saturated rings. The van der Waals surface area contributed by atoms with Gasteiger partial charge in [-0.2, -0.15) is 0 Å². The van der Waals surface area contributed by atoms with Crippen molar-refractivity contribution in [3.05, 3.63) is 42.1 Å². The smallest absolute Gasteiger partial charge is 0.0702 e. The fourth-order valence-corrected chi connectivity index (χ4v) is 2.65. The summed E-state index contributed by atoms with van der Waals surface area (Å²) in [6.45, 7) is 2.35. The number of pyridine rings is 1. The van der Waals surface area contributed by atoms with Crippen molar-refractivity contribution >= 4 is 10.9 Å². The van der Waals surface area contributed by atoms with Crippen LogP contribution in [0.4, 0.5) is 0 Å². The van der Waals surface area contributed by atoms with E-state index in [2.05, 4.69) is 41.5 Å². The third kappa shape index (κ3) is 1.83. The fraction of sp³-hybridized carbons (Fsp3) is 0.400. The van der Waals surface area contributed by atoms with Crippen LogP contribution in [0.3, 0.4) is 0 Å². The van der Waals surface area contributed by atoms with E-state index in [1.807, 2.05) is 19.3 Å². The molecular formula is C15H18N2. The standard InChI is InChI=1S/C15H18N2/c1-15(7-8-15)14(16-2)12-9-11-5-3-4-6-13(11)17-10-12/h3-6,9-10,14,16H,7-8H2,1-2H3. The van der Waals surface area contributed by atoms with E-state index in [1.54, 1.807) is 0 Å². The lowest BCUT2D eigenvalue weighted by Crippen LogP contribution is -2.24. The Morgan fingerprint density at radius 1 is 1.29 bits per heavy atom. The quantitative estimate of drug-likeness (QED) is 0.868. The molecule has 1 heterocycles. The Labute approximate surface area is 102 Å². The Kier molecular flexibility index (Phi) is 2.40. The Morgan fingerprint density at radius 3 is 2.76 bits per heavy atom. The minimum absolute atomic E-state index is 0.429. The number of benzene rings is 1. The molecule has 0 radical (unpaired) electrons. The zero-order valence-electron chi connectivity index (χ0n) is 10.4. The van der Waals surface area contributed by atoms with Crippen LogP contribution in [-0.2, 0) is 0 Å². The second-order valence-corrected chi connectivity index (χ2v) is 5.34. The number of para-hydroxylation sites is 1. The Hall–Kier alpha value is -1.41. The normalized spacial score (nSPS) is 19.2. The lowest BCUT2D eigenvalue weighted by Gasteiger charge is -2.23. The molecule has 3 rings (SSSR count). The molecule has 1 atom stereocenters. The summed E-state index contributed by atoms with van der Waals surface area (Å²) in [4.78, 5) is 4.55. The zero-order chi connectivity index (χ0) is 11.9. The molecule has 1 N–H and O–H groups in total. The molecule has 88 valence electrons. The topological polar surface area (TPSA) is 24.9 Å². The highest BCUT2D eigenvalue weighted by Gasteiger charge is 2.44. The van der Waals surface area contributed by atoms with E-state index >= 15 is 0 Å². The van der Waals surface area contributed by atoms with Crippen molar-refractivity contribution in [3.8, 4) is 0 Å². The number of hydrogen-bond acceptors (Lipinski definition) is 2. The van der Waals surface area contributed by atoms with Crippen molar-refractivity contribution in [2.75, 3.05) is 7.05 Å². The molecule has 17 heavy (non-hydrogen) atoms. The summed E-state index contributed by atoms with van der Waals surface area (Å²) < 4.78 is 0. The van der Waals surface area contributed by atoms with Gasteiger partial charge in [-0.05, 0) is 43.0 Å². The Morgan fingerprint density at radius 2 is 2.06 bits per heavy atom. The van der Waals surface area contributed by atoms with E-state index < -0.39 is 0 Å². The van der Waals surface area contributed by atoms with Gasteiger partial charge in [-0.25, -0.2) is 0 Å². The minimum Gasteiger partial charge on any atom is -0.312 e. The Balaban J connectivity index is 2.04. The molecule has 1 aromatic heterocycles. The number of aromatic nitrogens is 1. The molecule has 0 bridgehead atoms. The van der Waals surface area contributed by atoms with E-state index in [1.165, 1.54) is 23.8 Å². The van der Waals surface area contributed by atoms with Gasteiger partial charge in [0.25, 0.3) is 0 Å². The van der Waals surface area contributed by atoms with Crippen LogP contribution in [0.5, 0.6) is 0 Å². The van der Waals surface area contributed by atoms with Crippen LogP contribution in [0.2, 0.25) is 0 Å². The third-order valence-corrected chi connectivity index (χ3v) is 3.97. The van der Waals surface area contributed by atoms with Crippen molar-refractivity contribution in [3.63, 3.8) is 0 Å². The molecule has 1 aliphatic rings. The molecule has 2 nitrogen and oxygen atoms in total. The summed E-state index contributed by atoms with van der Waals surface area (Å²) >= 11 is 0. The van der Waals surface area contributed by atoms with Crippen LogP contribution in [0.25, 0.3) is 10.9 Å². The zero-order valence-corrected chi connectivity index (χ0v) is 10.4. The van der Waals surface area contributed by atoms with Crippen LogP contribution < -0.4 is 5.32 Å². The summed E-state index contributed by atoms with van der Waals surface area (Å²) in [5.41, 5.74) is 2.82. The van der Waals surface area contributed by atoms with Crippen LogP contribution in [0, 0.1) is 5.41 Å². The summed E-state index contributed by atoms with van der Waals surface area (Å²) in [6.07, 6.45) is 4.64. The van der Waals surface area contributed by atoms with Gasteiger partial charge in [0, 0.05) is 17.6 Å². The molecular weight excluding hydrogens is 208 g/mol. The van der Waals surface area contributed by atoms with E-state index in [0.717, 1.165) is 5.52 Å². The van der Waals surface area contributed by atoms with E-state index in [-0.39, 0.29) is 0 Å². The van der Waals surface area contributed by atoms with Crippen molar-refractivity contribution in [1.82, 2.24) is 10.3 Å². The van der Waals surface area contributed by atoms with Crippen LogP contribution in [0.15, 0.2) is 36.5 Å². The maximum absolute atomic E-state index is 4.55. The molecule has 1 saturated carbocycles. The summed E-state index contributed by atoms with van der Waals surface area (Å²) in [5, 5.41) is 4.68. The van der Waals surface area contributed by atoms with E-state index in [0.29, 0.717) is 11.5 Å². The average molecular weight is 226 g/mol. The maximum Gasteiger partial charge on any atom is 0.0702 e. The molecule has 0 amide bonds. The van der Waals surface area contributed by atoms with Crippen LogP contribution >= 0.6 is 0 Å². The predicted octanol–water partition coefficient (Wildman–Crippen LogP) is 3.30. The van der Waals surface area contributed by atoms with Crippen molar-refractivity contribution in [2.45, 2.75) is 25.8 Å². The van der Waals surface area contributed by atoms with Crippen molar-refractivity contribution in [1.29, 1.82) is 0 Å². The first kappa shape index (κ1) is 10.7. The van der Waals surface area contributed by atoms with Gasteiger partial charge in [0.2, 0.25) is 0 Å². The molecule has 1 aliphatic carbocycles. The summed E-state index contributed by atoms with van der Waals surface area (Å²) in [7, 11) is 2.05. The lowest BCUT2D eigenvalue weighted by atomic mass is 9.92. The highest BCUT2D eigenvalue weighted by Crippen LogP contribution is 2.54. The first-order valence-corrected chi connectivity index (χ1v) is 6.25. The SMILES string of the molecule is CNC(c1cnc2ccccc2c1)C1(C)CC1. The number of nitrogens with zero attached hydrogens (tertiary/aromatic N) is 1. The molecule has 1 aromatic carbocycles. The van der Waals surface area contributed by atoms with Crippen molar-refractivity contribution in [2.24, 2.45) is 5.41 Å². The lowest BCUT2D eigenvalue weighted by molar-refractivity contribution is 0.390. The number of fused-ring (bicyclic) bond motifs is 1. The van der Waals surface area contributed by atoms with E-state index in [4.69, 9.17) is 0 Å². The van der Waals surface area contributed by atoms with Crippen LogP contribution in [-0.4, -0.2) is 12.0 Å². The summed E-state index contributed by atoms with van der Waals surface area (Å²) in [5.74, 6) is 0. The van der Waals surface area contributed by atoms with Gasteiger partial charge >= 0.3 is 0 Å². The predicted molar refractivity (Wildman–Crippen MR) is 70.9 cm³/mol. The highest BCUT2D eigenvalue weighted by molar-refractivity contribution is 5.78. The first-order chi connectivity index (χ1) is 8.23. The van der Waals surface area contributed by atoms with Gasteiger partial charge in [0.15, 0.2) is 0 Å². The maximum atomic E-state index is 4.55. The molecule has 1 unspecified atom stereocenters. The van der Waals surface area contributed by atoms with Gasteiger partial charge < -0.3 is 5.32 Å². The van der Waals surface area contributed by atoms with Crippen LogP contribution in [0.1, 0.15) is 31.4 Å². The molecule has 2 aromatic rings. The molecule has 0 saturated heterocycles. The second-order valence-electron chi connectivity index (χ2n) is 5.34. The fourth-order valence-electron chi connectivity index (χ4n) is 2.65. The second kappa shape index (κ2) is 3.81. The van der Waals surface area contributed by atoms with Gasteiger partial charge in [-0.15, -0.1) is 0 Å². The van der Waals surface area contributed by atoms with Gasteiger partial charge in [-0.1, -0.05) is 25.1 Å².